The molecule has 156 valence electrons. The van der Waals surface area contributed by atoms with Crippen molar-refractivity contribution in [3.8, 4) is 0 Å². The number of nitrogens with zero attached hydrogens (tertiary/aromatic N) is 1. The lowest BCUT2D eigenvalue weighted by molar-refractivity contribution is -0.128. The van der Waals surface area contributed by atoms with Crippen molar-refractivity contribution in [2.75, 3.05) is 31.5 Å². The van der Waals surface area contributed by atoms with Crippen LogP contribution in [-0.4, -0.2) is 44.8 Å². The lowest BCUT2D eigenvalue weighted by atomic mass is 9.67. The summed E-state index contributed by atoms with van der Waals surface area (Å²) in [4.78, 5) is 13.4. The molecule has 28 heavy (non-hydrogen) atoms. The second-order valence-corrected chi connectivity index (χ2v) is 10.1. The van der Waals surface area contributed by atoms with Gasteiger partial charge in [0.1, 0.15) is 0 Å². The van der Waals surface area contributed by atoms with Gasteiger partial charge in [-0.05, 0) is 56.3 Å². The highest BCUT2D eigenvalue weighted by molar-refractivity contribution is 7.89. The maximum Gasteiger partial charge on any atom is 0.243 e. The van der Waals surface area contributed by atoms with E-state index in [9.17, 15) is 13.2 Å². The number of halogens is 1. The van der Waals surface area contributed by atoms with E-state index in [1.165, 1.54) is 6.42 Å². The van der Waals surface area contributed by atoms with Crippen molar-refractivity contribution in [1.82, 2.24) is 9.62 Å². The van der Waals surface area contributed by atoms with E-state index >= 15 is 0 Å². The molecule has 1 aliphatic carbocycles. The number of sulfonamides is 1. The number of rotatable bonds is 4. The topological polar surface area (TPSA) is 78.5 Å². The Bertz CT molecular complexity index is 811. The fourth-order valence-electron chi connectivity index (χ4n) is 4.93. The van der Waals surface area contributed by atoms with Crippen LogP contribution in [0.2, 0.25) is 0 Å². The van der Waals surface area contributed by atoms with Gasteiger partial charge < -0.3 is 10.6 Å². The first-order valence-corrected chi connectivity index (χ1v) is 11.6. The van der Waals surface area contributed by atoms with Crippen LogP contribution in [0.1, 0.15) is 44.9 Å². The van der Waals surface area contributed by atoms with Crippen LogP contribution in [0.5, 0.6) is 0 Å². The molecule has 2 saturated heterocycles. The van der Waals surface area contributed by atoms with Crippen LogP contribution >= 0.6 is 12.4 Å². The maximum atomic E-state index is 13.1. The van der Waals surface area contributed by atoms with Crippen LogP contribution in [0, 0.1) is 11.3 Å². The molecule has 1 saturated carbocycles. The third-order valence-corrected chi connectivity index (χ3v) is 8.43. The molecule has 1 aromatic rings. The number of hydrogen-bond donors (Lipinski definition) is 2. The number of hydrogen-bond acceptors (Lipinski definition) is 4. The molecule has 0 spiro atoms. The molecule has 0 radical (unpaired) electrons. The fraction of sp³-hybridized carbons (Fsp3) is 0.650. The third-order valence-electron chi connectivity index (χ3n) is 6.54. The van der Waals surface area contributed by atoms with Crippen molar-refractivity contribution in [2.45, 2.75) is 49.8 Å². The van der Waals surface area contributed by atoms with Gasteiger partial charge in [0, 0.05) is 25.3 Å². The first kappa shape index (κ1) is 21.6. The Morgan fingerprint density at radius 3 is 2.71 bits per heavy atom. The molecule has 0 aromatic heterocycles. The van der Waals surface area contributed by atoms with Crippen LogP contribution < -0.4 is 10.6 Å². The van der Waals surface area contributed by atoms with E-state index in [2.05, 4.69) is 10.6 Å². The molecule has 1 aromatic carbocycles. The summed E-state index contributed by atoms with van der Waals surface area (Å²) in [7, 11) is -3.49. The van der Waals surface area contributed by atoms with Gasteiger partial charge in [0.25, 0.3) is 0 Å². The van der Waals surface area contributed by atoms with Crippen LogP contribution in [0.15, 0.2) is 29.2 Å². The minimum absolute atomic E-state index is 0. The van der Waals surface area contributed by atoms with Gasteiger partial charge in [-0.3, -0.25) is 4.79 Å². The number of anilines is 1. The van der Waals surface area contributed by atoms with E-state index in [4.69, 9.17) is 0 Å². The van der Waals surface area contributed by atoms with Crippen molar-refractivity contribution >= 4 is 34.0 Å². The third kappa shape index (κ3) is 3.95. The van der Waals surface area contributed by atoms with Crippen LogP contribution in [0.4, 0.5) is 5.69 Å². The average molecular weight is 428 g/mol. The molecule has 0 bridgehead atoms. The van der Waals surface area contributed by atoms with Gasteiger partial charge in [0.05, 0.1) is 10.3 Å². The lowest BCUT2D eigenvalue weighted by Crippen LogP contribution is -2.44. The number of amides is 1. The molecule has 2 atom stereocenters. The Hall–Kier alpha value is -1.15. The lowest BCUT2D eigenvalue weighted by Gasteiger charge is -2.37. The molecule has 0 unspecified atom stereocenters. The van der Waals surface area contributed by atoms with Gasteiger partial charge in [-0.25, -0.2) is 8.42 Å². The van der Waals surface area contributed by atoms with Gasteiger partial charge in [-0.15, -0.1) is 12.4 Å². The predicted molar refractivity (Wildman–Crippen MR) is 112 cm³/mol. The summed E-state index contributed by atoms with van der Waals surface area (Å²) in [5.74, 6) is 0.413. The van der Waals surface area contributed by atoms with E-state index in [1.54, 1.807) is 28.6 Å². The molecular weight excluding hydrogens is 398 g/mol. The first-order valence-electron chi connectivity index (χ1n) is 10.1. The number of nitrogens with one attached hydrogen (secondary N) is 2. The van der Waals surface area contributed by atoms with Crippen molar-refractivity contribution in [3.63, 3.8) is 0 Å². The van der Waals surface area contributed by atoms with Crippen molar-refractivity contribution in [1.29, 1.82) is 0 Å². The maximum absolute atomic E-state index is 13.1. The predicted octanol–water partition coefficient (Wildman–Crippen LogP) is 3.00. The van der Waals surface area contributed by atoms with E-state index in [1.807, 2.05) is 0 Å². The average Bonchev–Trinajstić information content (AvgIpc) is 3.14. The summed E-state index contributed by atoms with van der Waals surface area (Å²) in [6, 6.07) is 6.73. The quantitative estimate of drug-likeness (QED) is 0.774. The Kier molecular flexibility index (Phi) is 6.69. The van der Waals surface area contributed by atoms with Crippen molar-refractivity contribution in [2.24, 2.45) is 11.3 Å². The first-order chi connectivity index (χ1) is 13.0. The highest BCUT2D eigenvalue weighted by Gasteiger charge is 2.49. The Morgan fingerprint density at radius 1 is 1.14 bits per heavy atom. The highest BCUT2D eigenvalue weighted by atomic mass is 35.5. The fourth-order valence-corrected chi connectivity index (χ4v) is 6.50. The van der Waals surface area contributed by atoms with Gasteiger partial charge in [0.15, 0.2) is 0 Å². The van der Waals surface area contributed by atoms with E-state index in [0.717, 1.165) is 51.6 Å². The number of fused-ring (bicyclic) bond motifs is 1. The number of piperidine rings is 1. The largest absolute Gasteiger partial charge is 0.326 e. The Balaban J connectivity index is 0.00000225. The van der Waals surface area contributed by atoms with Crippen molar-refractivity contribution in [3.05, 3.63) is 24.3 Å². The molecule has 1 amide bonds. The number of benzene rings is 1. The molecule has 2 aliphatic heterocycles. The smallest absolute Gasteiger partial charge is 0.243 e. The second-order valence-electron chi connectivity index (χ2n) is 8.18. The Morgan fingerprint density at radius 2 is 1.93 bits per heavy atom. The highest BCUT2D eigenvalue weighted by Crippen LogP contribution is 2.44. The van der Waals surface area contributed by atoms with Crippen LogP contribution in [0.3, 0.4) is 0 Å². The molecular formula is C20H30ClN3O3S. The zero-order chi connectivity index (χ0) is 18.9. The van der Waals surface area contributed by atoms with E-state index < -0.39 is 10.0 Å². The van der Waals surface area contributed by atoms with Gasteiger partial charge >= 0.3 is 0 Å². The molecule has 3 aliphatic rings. The number of carbonyl (C=O) groups excluding carboxylic acids is 1. The number of carbonyl (C=O) groups is 1. The molecule has 6 nitrogen and oxygen atoms in total. The monoisotopic (exact) mass is 427 g/mol. The molecule has 8 heteroatoms. The van der Waals surface area contributed by atoms with Gasteiger partial charge in [0.2, 0.25) is 15.9 Å². The molecule has 2 N–H and O–H groups in total. The zero-order valence-corrected chi connectivity index (χ0v) is 17.8. The normalized spacial score (nSPS) is 28.2. The summed E-state index contributed by atoms with van der Waals surface area (Å²) >= 11 is 0. The Labute approximate surface area is 173 Å². The zero-order valence-electron chi connectivity index (χ0n) is 16.2. The van der Waals surface area contributed by atoms with Crippen LogP contribution in [-0.2, 0) is 14.8 Å². The minimum Gasteiger partial charge on any atom is -0.326 e. The summed E-state index contributed by atoms with van der Waals surface area (Å²) in [6.45, 7) is 2.77. The molecule has 2 heterocycles. The van der Waals surface area contributed by atoms with E-state index in [0.29, 0.717) is 24.7 Å². The van der Waals surface area contributed by atoms with Crippen LogP contribution in [0.25, 0.3) is 0 Å². The molecule has 4 rings (SSSR count). The summed E-state index contributed by atoms with van der Waals surface area (Å²) in [5, 5.41) is 6.41. The SMILES string of the molecule is Cl.O=C(Nc1cccc(S(=O)(=O)N2CCCCC2)c1)[C@@]12CCCC[C@H]1CNC2. The summed E-state index contributed by atoms with van der Waals surface area (Å²) in [6.07, 6.45) is 7.16. The summed E-state index contributed by atoms with van der Waals surface area (Å²) < 4.78 is 27.4. The second kappa shape index (κ2) is 8.69. The van der Waals surface area contributed by atoms with E-state index in [-0.39, 0.29) is 28.6 Å². The minimum atomic E-state index is -3.49. The standard InChI is InChI=1S/C20H29N3O3S.ClH/c24-19(20-10-3-2-7-16(20)14-21-15-20)22-17-8-6-9-18(13-17)27(25,26)23-11-4-1-5-12-23;/h6,8-9,13,16,21H,1-5,7,10-12,14-15H2,(H,22,24);1H/t16-,20+;/m0./s1. The van der Waals surface area contributed by atoms with Gasteiger partial charge in [-0.2, -0.15) is 4.31 Å². The molecule has 3 fully saturated rings. The van der Waals surface area contributed by atoms with Gasteiger partial charge in [-0.1, -0.05) is 25.3 Å². The van der Waals surface area contributed by atoms with Crippen molar-refractivity contribution < 1.29 is 13.2 Å². The summed E-state index contributed by atoms with van der Waals surface area (Å²) in [5.41, 5.74) is 0.226.